The summed E-state index contributed by atoms with van der Waals surface area (Å²) in [7, 11) is 0. The van der Waals surface area contributed by atoms with Gasteiger partial charge in [-0.2, -0.15) is 0 Å². The quantitative estimate of drug-likeness (QED) is 0.627. The SMILES string of the molecule is CC(C)CN(Cc1cc(Cl)c2c(c1)OCCO2)C(=O)C1CCN(Cc2ccccc2)C1. The molecule has 1 unspecified atom stereocenters. The molecule has 5 nitrogen and oxygen atoms in total. The summed E-state index contributed by atoms with van der Waals surface area (Å²) in [6.45, 7) is 9.23. The lowest BCUT2D eigenvalue weighted by Gasteiger charge is -2.28. The Morgan fingerprint density at radius 1 is 1.16 bits per heavy atom. The van der Waals surface area contributed by atoms with Crippen molar-refractivity contribution in [2.24, 2.45) is 11.8 Å². The Hall–Kier alpha value is -2.24. The van der Waals surface area contributed by atoms with Crippen LogP contribution in [0.5, 0.6) is 11.5 Å². The van der Waals surface area contributed by atoms with E-state index in [0.717, 1.165) is 38.2 Å². The minimum atomic E-state index is 0.0372. The number of rotatable bonds is 7. The summed E-state index contributed by atoms with van der Waals surface area (Å²) >= 11 is 6.42. The first-order chi connectivity index (χ1) is 15.0. The second-order valence-electron chi connectivity index (χ2n) is 8.92. The molecule has 2 aliphatic rings. The van der Waals surface area contributed by atoms with Gasteiger partial charge in [0.05, 0.1) is 10.9 Å². The largest absolute Gasteiger partial charge is 0.486 e. The smallest absolute Gasteiger partial charge is 0.227 e. The highest BCUT2D eigenvalue weighted by Gasteiger charge is 2.32. The standard InChI is InChI=1S/C25H31ClN2O3/c1-18(2)14-28(16-20-12-22(26)24-23(13-20)30-10-11-31-24)25(29)21-8-9-27(17-21)15-19-6-4-3-5-7-19/h3-7,12-13,18,21H,8-11,14-17H2,1-2H3. The molecule has 2 aromatic rings. The third-order valence-corrected chi connectivity index (χ3v) is 6.08. The average Bonchev–Trinajstić information content (AvgIpc) is 3.21. The molecule has 6 heteroatoms. The molecule has 31 heavy (non-hydrogen) atoms. The normalized spacial score (nSPS) is 18.4. The number of likely N-dealkylation sites (tertiary alicyclic amines) is 1. The molecule has 166 valence electrons. The van der Waals surface area contributed by atoms with Crippen LogP contribution in [0, 0.1) is 11.8 Å². The van der Waals surface area contributed by atoms with Crippen LogP contribution in [-0.4, -0.2) is 48.6 Å². The van der Waals surface area contributed by atoms with E-state index in [1.165, 1.54) is 5.56 Å². The number of hydrogen-bond acceptors (Lipinski definition) is 4. The van der Waals surface area contributed by atoms with Crippen LogP contribution in [0.3, 0.4) is 0 Å². The van der Waals surface area contributed by atoms with Gasteiger partial charge >= 0.3 is 0 Å². The maximum atomic E-state index is 13.5. The Bertz CT molecular complexity index is 903. The van der Waals surface area contributed by atoms with Crippen molar-refractivity contribution in [3.05, 3.63) is 58.6 Å². The predicted molar refractivity (Wildman–Crippen MR) is 123 cm³/mol. The van der Waals surface area contributed by atoms with Gasteiger partial charge in [0, 0.05) is 26.2 Å². The summed E-state index contributed by atoms with van der Waals surface area (Å²) in [5.41, 5.74) is 2.27. The van der Waals surface area contributed by atoms with Crippen LogP contribution in [-0.2, 0) is 17.9 Å². The molecular weight excluding hydrogens is 412 g/mol. The van der Waals surface area contributed by atoms with Gasteiger partial charge in [0.25, 0.3) is 0 Å². The number of fused-ring (bicyclic) bond motifs is 1. The van der Waals surface area contributed by atoms with Crippen LogP contribution in [0.4, 0.5) is 0 Å². The number of benzene rings is 2. The third-order valence-electron chi connectivity index (χ3n) is 5.80. The highest BCUT2D eigenvalue weighted by Crippen LogP contribution is 2.38. The van der Waals surface area contributed by atoms with E-state index < -0.39 is 0 Å². The van der Waals surface area contributed by atoms with Crippen molar-refractivity contribution in [1.29, 1.82) is 0 Å². The van der Waals surface area contributed by atoms with Crippen LogP contribution in [0.1, 0.15) is 31.4 Å². The molecule has 2 aliphatic heterocycles. The zero-order chi connectivity index (χ0) is 21.8. The topological polar surface area (TPSA) is 42.0 Å². The summed E-state index contributed by atoms with van der Waals surface area (Å²) in [4.78, 5) is 17.8. The molecule has 2 heterocycles. The van der Waals surface area contributed by atoms with E-state index in [2.05, 4.69) is 43.0 Å². The fourth-order valence-electron chi connectivity index (χ4n) is 4.43. The van der Waals surface area contributed by atoms with Crippen molar-refractivity contribution >= 4 is 17.5 Å². The summed E-state index contributed by atoms with van der Waals surface area (Å²) in [6.07, 6.45) is 0.905. The Morgan fingerprint density at radius 2 is 1.94 bits per heavy atom. The Labute approximate surface area is 189 Å². The number of nitrogens with zero attached hydrogens (tertiary/aromatic N) is 2. The lowest BCUT2D eigenvalue weighted by atomic mass is 10.0. The van der Waals surface area contributed by atoms with Crippen LogP contribution in [0.2, 0.25) is 5.02 Å². The van der Waals surface area contributed by atoms with E-state index in [0.29, 0.717) is 42.2 Å². The summed E-state index contributed by atoms with van der Waals surface area (Å²) in [5, 5.41) is 0.541. The number of hydrogen-bond donors (Lipinski definition) is 0. The van der Waals surface area contributed by atoms with Gasteiger partial charge in [0.2, 0.25) is 5.91 Å². The summed E-state index contributed by atoms with van der Waals surface area (Å²) < 4.78 is 11.3. The van der Waals surface area contributed by atoms with Crippen LogP contribution in [0.25, 0.3) is 0 Å². The van der Waals surface area contributed by atoms with E-state index in [1.54, 1.807) is 0 Å². The highest BCUT2D eigenvalue weighted by atomic mass is 35.5. The molecule has 2 aromatic carbocycles. The maximum Gasteiger partial charge on any atom is 0.227 e. The molecule has 0 bridgehead atoms. The number of ether oxygens (including phenoxy) is 2. The van der Waals surface area contributed by atoms with Crippen LogP contribution in [0.15, 0.2) is 42.5 Å². The van der Waals surface area contributed by atoms with Crippen LogP contribution < -0.4 is 9.47 Å². The molecule has 1 fully saturated rings. The number of carbonyl (C=O) groups is 1. The second-order valence-corrected chi connectivity index (χ2v) is 9.33. The third kappa shape index (κ3) is 5.52. The minimum Gasteiger partial charge on any atom is -0.486 e. The van der Waals surface area contributed by atoms with Gasteiger partial charge in [-0.15, -0.1) is 0 Å². The lowest BCUT2D eigenvalue weighted by Crippen LogP contribution is -2.39. The molecule has 0 aromatic heterocycles. The van der Waals surface area contributed by atoms with Gasteiger partial charge in [-0.05, 0) is 42.1 Å². The second kappa shape index (κ2) is 9.92. The van der Waals surface area contributed by atoms with E-state index in [4.69, 9.17) is 21.1 Å². The number of carbonyl (C=O) groups excluding carboxylic acids is 1. The molecule has 1 saturated heterocycles. The van der Waals surface area contributed by atoms with E-state index in [1.807, 2.05) is 23.1 Å². The Kier molecular flexibility index (Phi) is 7.03. The van der Waals surface area contributed by atoms with Crippen molar-refractivity contribution in [1.82, 2.24) is 9.80 Å². The monoisotopic (exact) mass is 442 g/mol. The fraction of sp³-hybridized carbons (Fsp3) is 0.480. The van der Waals surface area contributed by atoms with Gasteiger partial charge < -0.3 is 14.4 Å². The number of halogens is 1. The van der Waals surface area contributed by atoms with E-state index in [9.17, 15) is 4.79 Å². The molecule has 0 spiro atoms. The highest BCUT2D eigenvalue weighted by molar-refractivity contribution is 6.32. The first-order valence-electron chi connectivity index (χ1n) is 11.1. The number of amides is 1. The van der Waals surface area contributed by atoms with Gasteiger partial charge in [0.15, 0.2) is 11.5 Å². The zero-order valence-electron chi connectivity index (χ0n) is 18.4. The summed E-state index contributed by atoms with van der Waals surface area (Å²) in [6, 6.07) is 14.3. The van der Waals surface area contributed by atoms with E-state index in [-0.39, 0.29) is 11.8 Å². The van der Waals surface area contributed by atoms with E-state index >= 15 is 0 Å². The van der Waals surface area contributed by atoms with Gasteiger partial charge in [-0.1, -0.05) is 55.8 Å². The predicted octanol–water partition coefficient (Wildman–Crippen LogP) is 4.62. The molecule has 0 radical (unpaired) electrons. The molecule has 0 aliphatic carbocycles. The van der Waals surface area contributed by atoms with Gasteiger partial charge in [-0.3, -0.25) is 9.69 Å². The molecular formula is C25H31ClN2O3. The van der Waals surface area contributed by atoms with Crippen molar-refractivity contribution in [3.8, 4) is 11.5 Å². The summed E-state index contributed by atoms with van der Waals surface area (Å²) in [5.74, 6) is 1.93. The molecule has 1 atom stereocenters. The van der Waals surface area contributed by atoms with Gasteiger partial charge in [-0.25, -0.2) is 0 Å². The van der Waals surface area contributed by atoms with Gasteiger partial charge in [0.1, 0.15) is 13.2 Å². The minimum absolute atomic E-state index is 0.0372. The average molecular weight is 443 g/mol. The fourth-order valence-corrected chi connectivity index (χ4v) is 4.71. The Balaban J connectivity index is 1.44. The molecule has 1 amide bonds. The van der Waals surface area contributed by atoms with Crippen molar-refractivity contribution in [2.75, 3.05) is 32.8 Å². The lowest BCUT2D eigenvalue weighted by molar-refractivity contribution is -0.136. The Morgan fingerprint density at radius 3 is 2.71 bits per heavy atom. The molecule has 0 saturated carbocycles. The first kappa shape index (κ1) is 22.0. The maximum absolute atomic E-state index is 13.5. The molecule has 4 rings (SSSR count). The van der Waals surface area contributed by atoms with Crippen molar-refractivity contribution in [2.45, 2.75) is 33.4 Å². The van der Waals surface area contributed by atoms with Crippen LogP contribution >= 0.6 is 11.6 Å². The zero-order valence-corrected chi connectivity index (χ0v) is 19.1. The van der Waals surface area contributed by atoms with Crippen molar-refractivity contribution in [3.63, 3.8) is 0 Å². The first-order valence-corrected chi connectivity index (χ1v) is 11.5. The molecule has 0 N–H and O–H groups in total. The van der Waals surface area contributed by atoms with Crippen molar-refractivity contribution < 1.29 is 14.3 Å².